The summed E-state index contributed by atoms with van der Waals surface area (Å²) in [6.45, 7) is 8.08. The Labute approximate surface area is 277 Å². The van der Waals surface area contributed by atoms with Gasteiger partial charge < -0.3 is 14.8 Å². The molecular weight excluding hydrogens is 621 g/mol. The molecule has 12 heteroatoms. The lowest BCUT2D eigenvalue weighted by molar-refractivity contribution is -0.153. The average molecular weight is 661 g/mol. The van der Waals surface area contributed by atoms with Crippen LogP contribution in [0.4, 0.5) is 10.3 Å². The van der Waals surface area contributed by atoms with Gasteiger partial charge >= 0.3 is 0 Å². The fourth-order valence-corrected chi connectivity index (χ4v) is 8.03. The number of benzene rings is 2. The van der Waals surface area contributed by atoms with Crippen molar-refractivity contribution in [1.29, 1.82) is 0 Å². The second kappa shape index (κ2) is 13.6. The van der Waals surface area contributed by atoms with Crippen molar-refractivity contribution in [1.82, 2.24) is 20.4 Å². The van der Waals surface area contributed by atoms with Crippen molar-refractivity contribution >= 4 is 44.8 Å². The Bertz CT molecular complexity index is 1520. The lowest BCUT2D eigenvalue weighted by Gasteiger charge is -2.18. The van der Waals surface area contributed by atoms with Crippen molar-refractivity contribution < 1.29 is 19.1 Å². The molecule has 6 rings (SSSR count). The molecule has 2 aromatic heterocycles. The summed E-state index contributed by atoms with van der Waals surface area (Å²) in [4.78, 5) is 26.5. The van der Waals surface area contributed by atoms with Gasteiger partial charge in [-0.05, 0) is 62.0 Å². The minimum atomic E-state index is -0.882. The lowest BCUT2D eigenvalue weighted by atomic mass is 9.87. The smallest absolute Gasteiger partial charge is 0.258 e. The molecule has 2 aromatic carbocycles. The minimum absolute atomic E-state index is 0.0209. The summed E-state index contributed by atoms with van der Waals surface area (Å²) in [6, 6.07) is 19.9. The molecule has 1 aliphatic carbocycles. The summed E-state index contributed by atoms with van der Waals surface area (Å²) in [5.74, 6) is -1.07. The predicted octanol–water partition coefficient (Wildman–Crippen LogP) is 6.94. The van der Waals surface area contributed by atoms with E-state index in [0.717, 1.165) is 54.1 Å². The van der Waals surface area contributed by atoms with E-state index in [1.807, 2.05) is 48.5 Å². The monoisotopic (exact) mass is 660 g/mol. The Kier molecular flexibility index (Phi) is 9.60. The Hall–Kier alpha value is -3.58. The Balaban J connectivity index is 0.962. The van der Waals surface area contributed by atoms with Gasteiger partial charge in [-0.3, -0.25) is 14.9 Å². The Morgan fingerprint density at radius 3 is 1.87 bits per heavy atom. The summed E-state index contributed by atoms with van der Waals surface area (Å²) in [5, 5.41) is 25.6. The van der Waals surface area contributed by atoms with E-state index in [9.17, 15) is 9.59 Å². The van der Waals surface area contributed by atoms with Crippen LogP contribution in [0.1, 0.15) is 86.5 Å². The first kappa shape index (κ1) is 32.4. The minimum Gasteiger partial charge on any atom is -0.339 e. The molecule has 2 aliphatic rings. The average Bonchev–Trinajstić information content (AvgIpc) is 3.82. The zero-order valence-corrected chi connectivity index (χ0v) is 28.2. The Morgan fingerprint density at radius 1 is 0.739 bits per heavy atom. The van der Waals surface area contributed by atoms with Crippen LogP contribution in [0.5, 0.6) is 0 Å². The topological polar surface area (TPSA) is 128 Å². The number of amides is 2. The van der Waals surface area contributed by atoms with Crippen molar-refractivity contribution in [2.24, 2.45) is 11.3 Å². The van der Waals surface area contributed by atoms with Crippen molar-refractivity contribution in [3.8, 4) is 0 Å². The highest BCUT2D eigenvalue weighted by atomic mass is 32.1. The van der Waals surface area contributed by atoms with Crippen LogP contribution in [0.25, 0.3) is 0 Å². The number of hydrogen-bond donors (Lipinski definition) is 2. The van der Waals surface area contributed by atoms with Crippen molar-refractivity contribution in [2.45, 2.75) is 90.1 Å². The molecule has 3 heterocycles. The molecule has 2 amide bonds. The summed E-state index contributed by atoms with van der Waals surface area (Å²) in [6.07, 6.45) is 3.76. The fraction of sp³-hybridized carbons (Fsp3) is 0.471. The quantitative estimate of drug-likeness (QED) is 0.166. The van der Waals surface area contributed by atoms with Gasteiger partial charge in [0.25, 0.3) is 5.91 Å². The molecule has 4 atom stereocenters. The first-order chi connectivity index (χ1) is 22.1. The number of rotatable bonds is 11. The molecule has 1 saturated heterocycles. The molecule has 242 valence electrons. The maximum Gasteiger partial charge on any atom is 0.258 e. The summed E-state index contributed by atoms with van der Waals surface area (Å²) in [7, 11) is 0. The molecule has 0 spiro atoms. The normalized spacial score (nSPS) is 23.3. The zero-order valence-electron chi connectivity index (χ0n) is 26.6. The van der Waals surface area contributed by atoms with Gasteiger partial charge in [0.1, 0.15) is 16.1 Å². The highest BCUT2D eigenvalue weighted by molar-refractivity contribution is 7.15. The molecule has 1 saturated carbocycles. The molecule has 0 bridgehead atoms. The predicted molar refractivity (Wildman–Crippen MR) is 179 cm³/mol. The van der Waals surface area contributed by atoms with E-state index in [2.05, 4.69) is 57.0 Å². The lowest BCUT2D eigenvalue weighted by Crippen LogP contribution is -2.33. The molecule has 1 aliphatic heterocycles. The summed E-state index contributed by atoms with van der Waals surface area (Å²) in [5.41, 5.74) is 2.20. The van der Waals surface area contributed by atoms with Gasteiger partial charge in [-0.15, -0.1) is 20.4 Å². The highest BCUT2D eigenvalue weighted by Crippen LogP contribution is 2.50. The van der Waals surface area contributed by atoms with Crippen LogP contribution in [0.3, 0.4) is 0 Å². The van der Waals surface area contributed by atoms with Crippen LogP contribution < -0.4 is 10.6 Å². The van der Waals surface area contributed by atoms with Crippen molar-refractivity contribution in [2.75, 3.05) is 10.6 Å². The SMILES string of the molecule is CC1(C)C[C@@H](C(=O)Nc2nnc(CCCCc3nnc(NC(=O)[C@@H]4OC(C)(C)O[C@H]4c4ccccc4)s3)s2)[C@H](c2ccccc2)C1. The van der Waals surface area contributed by atoms with Crippen LogP contribution in [0.2, 0.25) is 0 Å². The van der Waals surface area contributed by atoms with Crippen LogP contribution in [-0.4, -0.2) is 44.1 Å². The molecule has 46 heavy (non-hydrogen) atoms. The van der Waals surface area contributed by atoms with Crippen LogP contribution in [0, 0.1) is 11.3 Å². The van der Waals surface area contributed by atoms with Gasteiger partial charge in [0, 0.05) is 18.8 Å². The largest absolute Gasteiger partial charge is 0.339 e. The third-order valence-electron chi connectivity index (χ3n) is 8.50. The second-order valence-electron chi connectivity index (χ2n) is 13.3. The number of ether oxygens (including phenoxy) is 2. The van der Waals surface area contributed by atoms with Gasteiger partial charge in [-0.1, -0.05) is 97.2 Å². The van der Waals surface area contributed by atoms with E-state index in [1.54, 1.807) is 13.8 Å². The van der Waals surface area contributed by atoms with Crippen molar-refractivity contribution in [3.63, 3.8) is 0 Å². The van der Waals surface area contributed by atoms with Gasteiger partial charge in [0.05, 0.1) is 0 Å². The number of nitrogens with one attached hydrogen (secondary N) is 2. The Morgan fingerprint density at radius 2 is 1.28 bits per heavy atom. The molecule has 0 radical (unpaired) electrons. The standard InChI is InChI=1S/C34H40N6O4S2/c1-33(2)19-23(21-13-7-5-8-14-21)24(20-33)29(41)35-31-39-37-25(45-31)17-11-12-18-26-38-40-32(46-26)36-30(42)28-27(43-34(3,4)44-28)22-15-9-6-10-16-22/h5-10,13-16,23-24,27-28H,11-12,17-20H2,1-4H3,(H,35,39,41)(H,36,40,42)/t23-,24+,27-,28+/m0/s1. The highest BCUT2D eigenvalue weighted by Gasteiger charge is 2.46. The third-order valence-corrected chi connectivity index (χ3v) is 10.3. The molecule has 0 unspecified atom stereocenters. The number of nitrogens with zero attached hydrogens (tertiary/aromatic N) is 4. The van der Waals surface area contributed by atoms with E-state index >= 15 is 0 Å². The number of carbonyl (C=O) groups excluding carboxylic acids is 2. The molecular formula is C34H40N6O4S2. The molecule has 4 aromatic rings. The van der Waals surface area contributed by atoms with E-state index in [0.29, 0.717) is 10.3 Å². The first-order valence-electron chi connectivity index (χ1n) is 15.8. The number of aromatic nitrogens is 4. The van der Waals surface area contributed by atoms with Gasteiger partial charge in [-0.2, -0.15) is 0 Å². The second-order valence-corrected chi connectivity index (χ2v) is 15.4. The number of aryl methyl sites for hydroxylation is 2. The first-order valence-corrected chi connectivity index (χ1v) is 17.4. The van der Waals surface area contributed by atoms with Crippen molar-refractivity contribution in [3.05, 3.63) is 81.8 Å². The molecule has 2 fully saturated rings. The maximum absolute atomic E-state index is 13.3. The third kappa shape index (κ3) is 7.86. The summed E-state index contributed by atoms with van der Waals surface area (Å²) < 4.78 is 12.0. The van der Waals surface area contributed by atoms with E-state index in [-0.39, 0.29) is 29.1 Å². The van der Waals surface area contributed by atoms with Crippen LogP contribution in [0.15, 0.2) is 60.7 Å². The fourth-order valence-electron chi connectivity index (χ4n) is 6.46. The van der Waals surface area contributed by atoms with Gasteiger partial charge in [0.15, 0.2) is 11.9 Å². The van der Waals surface area contributed by atoms with Gasteiger partial charge in [0.2, 0.25) is 16.2 Å². The van der Waals surface area contributed by atoms with E-state index in [1.165, 1.54) is 28.2 Å². The van der Waals surface area contributed by atoms with E-state index in [4.69, 9.17) is 9.47 Å². The number of hydrogen-bond acceptors (Lipinski definition) is 10. The zero-order chi connectivity index (χ0) is 32.3. The number of anilines is 2. The number of carbonyl (C=O) groups is 2. The van der Waals surface area contributed by atoms with Crippen LogP contribution >= 0.6 is 22.7 Å². The van der Waals surface area contributed by atoms with Gasteiger partial charge in [-0.25, -0.2) is 0 Å². The molecule has 10 nitrogen and oxygen atoms in total. The van der Waals surface area contributed by atoms with Crippen LogP contribution in [-0.2, 0) is 31.9 Å². The maximum atomic E-state index is 13.3. The van der Waals surface area contributed by atoms with E-state index < -0.39 is 18.0 Å². The number of unbranched alkanes of at least 4 members (excludes halogenated alkanes) is 1. The molecule has 2 N–H and O–H groups in total. The summed E-state index contributed by atoms with van der Waals surface area (Å²) >= 11 is 2.80.